The van der Waals surface area contributed by atoms with Crippen molar-refractivity contribution in [3.8, 4) is 0 Å². The van der Waals surface area contributed by atoms with Gasteiger partial charge in [0.1, 0.15) is 0 Å². The van der Waals surface area contributed by atoms with Crippen molar-refractivity contribution >= 4 is 38.6 Å². The molecule has 26 heavy (non-hydrogen) atoms. The van der Waals surface area contributed by atoms with Gasteiger partial charge in [0.25, 0.3) is 5.91 Å². The Morgan fingerprint density at radius 3 is 2.85 bits per heavy atom. The normalized spacial score (nSPS) is 11.4. The van der Waals surface area contributed by atoms with Crippen LogP contribution in [0.15, 0.2) is 61.1 Å². The van der Waals surface area contributed by atoms with Crippen molar-refractivity contribution in [3.05, 3.63) is 72.2 Å². The number of nitrogens with one attached hydrogen (secondary N) is 3. The number of nitrogens with zero attached hydrogens (tertiary/aromatic N) is 2. The summed E-state index contributed by atoms with van der Waals surface area (Å²) in [5.41, 5.74) is 4.28. The summed E-state index contributed by atoms with van der Waals surface area (Å²) in [4.78, 5) is 21.5. The molecule has 0 saturated carbocycles. The summed E-state index contributed by atoms with van der Waals surface area (Å²) in [6, 6.07) is 13.5. The number of carbonyl (C=O) groups is 1. The topological polar surface area (TPSA) is 86.5 Å². The molecule has 1 amide bonds. The van der Waals surface area contributed by atoms with Crippen molar-refractivity contribution in [1.82, 2.24) is 25.5 Å². The standard InChI is InChI=1S/C20H15N5O/c26-20(22-10-12-6-8-21-9-7-12)15-2-1-3-16-17(15)14-5-4-13-11-23-25-18(13)19(14)24-16/h1-9,11,23,25H,10H2,(H,22,26). The van der Waals surface area contributed by atoms with E-state index in [1.54, 1.807) is 12.4 Å². The van der Waals surface area contributed by atoms with E-state index in [1.165, 1.54) is 0 Å². The number of H-pyrrole nitrogens is 2. The number of benzene rings is 2. The summed E-state index contributed by atoms with van der Waals surface area (Å²) in [5.74, 6) is -0.111. The molecule has 0 aliphatic heterocycles. The average molecular weight is 341 g/mol. The third-order valence-corrected chi connectivity index (χ3v) is 4.63. The quantitative estimate of drug-likeness (QED) is 0.469. The molecule has 6 heteroatoms. The fourth-order valence-corrected chi connectivity index (χ4v) is 3.37. The minimum absolute atomic E-state index is 0.111. The maximum Gasteiger partial charge on any atom is 0.252 e. The number of aromatic amines is 2. The van der Waals surface area contributed by atoms with Gasteiger partial charge < -0.3 is 10.4 Å². The van der Waals surface area contributed by atoms with Crippen LogP contribution in [0.25, 0.3) is 32.7 Å². The Hall–Kier alpha value is -3.67. The Labute approximate surface area is 148 Å². The van der Waals surface area contributed by atoms with Gasteiger partial charge in [0, 0.05) is 46.9 Å². The van der Waals surface area contributed by atoms with E-state index in [0.29, 0.717) is 12.1 Å². The van der Waals surface area contributed by atoms with Gasteiger partial charge in [0.2, 0.25) is 0 Å². The molecule has 0 bridgehead atoms. The zero-order valence-electron chi connectivity index (χ0n) is 13.8. The highest BCUT2D eigenvalue weighted by Crippen LogP contribution is 2.32. The van der Waals surface area contributed by atoms with E-state index in [1.807, 2.05) is 48.7 Å². The highest BCUT2D eigenvalue weighted by Gasteiger charge is 2.16. The average Bonchev–Trinajstić information content (AvgIpc) is 3.30. The second kappa shape index (κ2) is 5.70. The first-order valence-electron chi connectivity index (χ1n) is 8.35. The summed E-state index contributed by atoms with van der Waals surface area (Å²) in [6.07, 6.45) is 5.33. The van der Waals surface area contributed by atoms with Crippen LogP contribution in [0.1, 0.15) is 15.9 Å². The van der Waals surface area contributed by atoms with Gasteiger partial charge in [-0.15, -0.1) is 0 Å². The van der Waals surface area contributed by atoms with Gasteiger partial charge in [0.15, 0.2) is 0 Å². The minimum atomic E-state index is -0.111. The van der Waals surface area contributed by atoms with Gasteiger partial charge in [-0.1, -0.05) is 18.2 Å². The maximum absolute atomic E-state index is 12.8. The number of carbonyl (C=O) groups excluding carboxylic acids is 1. The first-order valence-corrected chi connectivity index (χ1v) is 8.35. The van der Waals surface area contributed by atoms with E-state index < -0.39 is 0 Å². The minimum Gasteiger partial charge on any atom is -0.348 e. The Morgan fingerprint density at radius 1 is 1.08 bits per heavy atom. The van der Waals surface area contributed by atoms with Crippen LogP contribution < -0.4 is 5.32 Å². The molecule has 3 heterocycles. The van der Waals surface area contributed by atoms with Crippen molar-refractivity contribution in [3.63, 3.8) is 0 Å². The molecule has 0 radical (unpaired) electrons. The van der Waals surface area contributed by atoms with Crippen LogP contribution in [0.5, 0.6) is 0 Å². The maximum atomic E-state index is 12.8. The Morgan fingerprint density at radius 2 is 1.96 bits per heavy atom. The van der Waals surface area contributed by atoms with E-state index in [2.05, 4.69) is 20.5 Å². The van der Waals surface area contributed by atoms with Crippen LogP contribution in [0.3, 0.4) is 0 Å². The zero-order valence-corrected chi connectivity index (χ0v) is 13.8. The smallest absolute Gasteiger partial charge is 0.252 e. The van der Waals surface area contributed by atoms with Gasteiger partial charge >= 0.3 is 0 Å². The molecule has 126 valence electrons. The van der Waals surface area contributed by atoms with Crippen LogP contribution in [0.4, 0.5) is 0 Å². The molecule has 0 aliphatic carbocycles. The molecule has 5 rings (SSSR count). The number of rotatable bonds is 3. The highest BCUT2D eigenvalue weighted by molar-refractivity contribution is 6.21. The Kier molecular flexibility index (Phi) is 3.21. The molecule has 0 saturated heterocycles. The van der Waals surface area contributed by atoms with Crippen LogP contribution in [-0.4, -0.2) is 26.1 Å². The fourth-order valence-electron chi connectivity index (χ4n) is 3.37. The largest absolute Gasteiger partial charge is 0.348 e. The number of hydrogen-bond donors (Lipinski definition) is 3. The van der Waals surface area contributed by atoms with Crippen molar-refractivity contribution in [2.75, 3.05) is 0 Å². The van der Waals surface area contributed by atoms with Gasteiger partial charge in [-0.2, -0.15) is 0 Å². The molecular weight excluding hydrogens is 326 g/mol. The second-order valence-electron chi connectivity index (χ2n) is 6.19. The summed E-state index contributed by atoms with van der Waals surface area (Å²) in [7, 11) is 0. The van der Waals surface area contributed by atoms with Gasteiger partial charge in [0.05, 0.1) is 16.6 Å². The van der Waals surface area contributed by atoms with E-state index in [4.69, 9.17) is 4.98 Å². The van der Waals surface area contributed by atoms with Crippen LogP contribution in [0, 0.1) is 0 Å². The molecule has 3 N–H and O–H groups in total. The van der Waals surface area contributed by atoms with Crippen molar-refractivity contribution < 1.29 is 4.79 Å². The molecule has 0 unspecified atom stereocenters. The monoisotopic (exact) mass is 341 g/mol. The van der Waals surface area contributed by atoms with Crippen LogP contribution >= 0.6 is 0 Å². The third kappa shape index (κ3) is 2.23. The number of amides is 1. The summed E-state index contributed by atoms with van der Waals surface area (Å²) < 4.78 is 0. The number of aromatic nitrogens is 4. The van der Waals surface area contributed by atoms with Crippen molar-refractivity contribution in [1.29, 1.82) is 0 Å². The molecule has 0 fully saturated rings. The van der Waals surface area contributed by atoms with Gasteiger partial charge in [-0.25, -0.2) is 4.98 Å². The zero-order chi connectivity index (χ0) is 17.5. The SMILES string of the molecule is O=C(NCc1ccncc1)c1cccc2nc3c(ccc4c[nH][nH]c43)c12. The van der Waals surface area contributed by atoms with Crippen LogP contribution in [0.2, 0.25) is 0 Å². The van der Waals surface area contributed by atoms with E-state index >= 15 is 0 Å². The second-order valence-corrected chi connectivity index (χ2v) is 6.19. The van der Waals surface area contributed by atoms with E-state index in [9.17, 15) is 4.79 Å². The predicted molar refractivity (Wildman–Crippen MR) is 101 cm³/mol. The third-order valence-electron chi connectivity index (χ3n) is 4.63. The Bertz CT molecular complexity index is 1250. The summed E-state index contributed by atoms with van der Waals surface area (Å²) >= 11 is 0. The summed E-state index contributed by atoms with van der Waals surface area (Å²) in [5, 5.41) is 12.0. The number of fused-ring (bicyclic) bond motifs is 5. The van der Waals surface area contributed by atoms with Crippen molar-refractivity contribution in [2.45, 2.75) is 6.54 Å². The highest BCUT2D eigenvalue weighted by atomic mass is 16.1. The first kappa shape index (κ1) is 14.7. The molecule has 6 nitrogen and oxygen atoms in total. The number of pyridine rings is 1. The molecule has 5 aromatic rings. The number of hydrogen-bond acceptors (Lipinski definition) is 3. The molecule has 2 aromatic carbocycles. The lowest BCUT2D eigenvalue weighted by Gasteiger charge is -2.06. The lowest BCUT2D eigenvalue weighted by atomic mass is 10.0. The Balaban J connectivity index is 1.61. The van der Waals surface area contributed by atoms with Crippen molar-refractivity contribution in [2.24, 2.45) is 0 Å². The summed E-state index contributed by atoms with van der Waals surface area (Å²) in [6.45, 7) is 0.458. The lowest BCUT2D eigenvalue weighted by Crippen LogP contribution is -2.22. The van der Waals surface area contributed by atoms with Crippen LogP contribution in [-0.2, 0) is 6.54 Å². The molecule has 3 aromatic heterocycles. The molecule has 0 spiro atoms. The van der Waals surface area contributed by atoms with Gasteiger partial charge in [-0.3, -0.25) is 14.9 Å². The molecular formula is C20H15N5O. The predicted octanol–water partition coefficient (Wildman–Crippen LogP) is 3.52. The van der Waals surface area contributed by atoms with Gasteiger partial charge in [-0.05, 0) is 29.8 Å². The lowest BCUT2D eigenvalue weighted by molar-refractivity contribution is 0.0952. The molecule has 0 atom stereocenters. The molecule has 0 aliphatic rings. The van der Waals surface area contributed by atoms with E-state index in [0.717, 1.165) is 38.3 Å². The fraction of sp³-hybridized carbons (Fsp3) is 0.0500. The van der Waals surface area contributed by atoms with E-state index in [-0.39, 0.29) is 5.91 Å². The first-order chi connectivity index (χ1) is 12.8.